The van der Waals surface area contributed by atoms with Crippen LogP contribution < -0.4 is 5.32 Å². The standard InChI is InChI=1S/C29H34N8O2/c1-29(2,3)28(39-30-4)32-16-24(38)34-23-9-7-6-8-18-14-19(10-11-21(18)23)22-12-13-31-27-25(22)35-26(36-27)20-15-33-37(5)17-20/h10-15,17,23H,4,6-9,16H2,1-3,5H3,(H,34,38)(H,31,35,36). The van der Waals surface area contributed by atoms with Gasteiger partial charge < -0.3 is 15.1 Å². The maximum atomic E-state index is 12.9. The molecule has 3 heterocycles. The van der Waals surface area contributed by atoms with Crippen molar-refractivity contribution in [3.8, 4) is 22.5 Å². The van der Waals surface area contributed by atoms with E-state index in [1.54, 1.807) is 17.1 Å². The number of aromatic nitrogens is 5. The number of nitrogens with one attached hydrogen (secondary N) is 2. The van der Waals surface area contributed by atoms with E-state index in [1.165, 1.54) is 5.56 Å². The number of oxime groups is 1. The molecule has 1 aliphatic carbocycles. The number of aromatic amines is 1. The molecule has 1 atom stereocenters. The Bertz CT molecular complexity index is 1540. The molecule has 0 spiro atoms. The number of carbonyl (C=O) groups excluding carboxylic acids is 1. The van der Waals surface area contributed by atoms with Crippen LogP contribution in [0.1, 0.15) is 57.2 Å². The van der Waals surface area contributed by atoms with Crippen LogP contribution in [0.2, 0.25) is 0 Å². The number of carbonyl (C=O) groups is 1. The minimum absolute atomic E-state index is 0.0276. The van der Waals surface area contributed by atoms with Gasteiger partial charge in [0.2, 0.25) is 11.8 Å². The van der Waals surface area contributed by atoms with Crippen LogP contribution in [0, 0.1) is 5.41 Å². The van der Waals surface area contributed by atoms with Crippen molar-refractivity contribution in [3.05, 3.63) is 54.0 Å². The number of hydrogen-bond donors (Lipinski definition) is 2. The molecule has 1 aliphatic rings. The van der Waals surface area contributed by atoms with Crippen molar-refractivity contribution < 1.29 is 9.63 Å². The minimum Gasteiger partial charge on any atom is -0.348 e. The maximum Gasteiger partial charge on any atom is 0.242 e. The summed E-state index contributed by atoms with van der Waals surface area (Å²) in [6.07, 6.45) is 9.43. The first-order valence-corrected chi connectivity index (χ1v) is 13.2. The number of nitrogens with zero attached hydrogens (tertiary/aromatic N) is 6. The molecule has 202 valence electrons. The number of imidazole rings is 1. The molecule has 39 heavy (non-hydrogen) atoms. The van der Waals surface area contributed by atoms with Crippen LogP contribution in [-0.2, 0) is 23.1 Å². The highest BCUT2D eigenvalue weighted by Gasteiger charge is 2.24. The molecule has 0 aliphatic heterocycles. The molecule has 0 saturated carbocycles. The number of aryl methyl sites for hydroxylation is 2. The van der Waals surface area contributed by atoms with Crippen LogP contribution >= 0.6 is 0 Å². The second-order valence-electron chi connectivity index (χ2n) is 10.9. The summed E-state index contributed by atoms with van der Waals surface area (Å²) in [5.74, 6) is 0.970. The van der Waals surface area contributed by atoms with E-state index in [1.807, 2.05) is 40.1 Å². The summed E-state index contributed by atoms with van der Waals surface area (Å²) < 4.78 is 1.75. The molecule has 0 saturated heterocycles. The van der Waals surface area contributed by atoms with E-state index in [-0.39, 0.29) is 23.9 Å². The predicted octanol–water partition coefficient (Wildman–Crippen LogP) is 4.99. The van der Waals surface area contributed by atoms with Crippen molar-refractivity contribution in [1.82, 2.24) is 30.0 Å². The first kappa shape index (κ1) is 26.3. The minimum atomic E-state index is -0.376. The summed E-state index contributed by atoms with van der Waals surface area (Å²) in [5.41, 5.74) is 6.60. The van der Waals surface area contributed by atoms with E-state index in [2.05, 4.69) is 60.4 Å². The van der Waals surface area contributed by atoms with E-state index in [9.17, 15) is 4.79 Å². The zero-order valence-electron chi connectivity index (χ0n) is 22.9. The molecule has 0 bridgehead atoms. The molecule has 4 aromatic rings. The smallest absolute Gasteiger partial charge is 0.242 e. The lowest BCUT2D eigenvalue weighted by molar-refractivity contribution is -0.120. The predicted molar refractivity (Wildman–Crippen MR) is 152 cm³/mol. The van der Waals surface area contributed by atoms with Crippen molar-refractivity contribution in [3.63, 3.8) is 0 Å². The van der Waals surface area contributed by atoms with Gasteiger partial charge in [0.15, 0.2) is 5.65 Å². The number of benzene rings is 1. The lowest BCUT2D eigenvalue weighted by Gasteiger charge is -2.21. The fourth-order valence-electron chi connectivity index (χ4n) is 4.98. The SMILES string of the molecule is C=NOC(=NCC(=O)NC1CCCCc2cc(-c3ccnc4nc(-c5cnn(C)c5)[nH]c34)ccc21)C(C)(C)C. The van der Waals surface area contributed by atoms with E-state index in [0.717, 1.165) is 59.3 Å². The summed E-state index contributed by atoms with van der Waals surface area (Å²) in [5, 5.41) is 10.9. The van der Waals surface area contributed by atoms with Crippen molar-refractivity contribution in [1.29, 1.82) is 0 Å². The average Bonchev–Trinajstić information content (AvgIpc) is 3.48. The molecule has 10 heteroatoms. The van der Waals surface area contributed by atoms with Crippen LogP contribution in [0.3, 0.4) is 0 Å². The van der Waals surface area contributed by atoms with Gasteiger partial charge in [-0.1, -0.05) is 50.5 Å². The van der Waals surface area contributed by atoms with Crippen LogP contribution in [0.5, 0.6) is 0 Å². The quantitative estimate of drug-likeness (QED) is 0.159. The maximum absolute atomic E-state index is 12.9. The number of hydrogen-bond acceptors (Lipinski definition) is 7. The first-order valence-electron chi connectivity index (χ1n) is 13.2. The van der Waals surface area contributed by atoms with E-state index in [0.29, 0.717) is 11.5 Å². The van der Waals surface area contributed by atoms with Crippen molar-refractivity contribution >= 4 is 29.7 Å². The number of fused-ring (bicyclic) bond motifs is 2. The summed E-state index contributed by atoms with van der Waals surface area (Å²) in [6, 6.07) is 8.43. The molecule has 2 N–H and O–H groups in total. The van der Waals surface area contributed by atoms with Crippen LogP contribution in [0.4, 0.5) is 0 Å². The molecule has 0 fully saturated rings. The molecule has 1 amide bonds. The topological polar surface area (TPSA) is 122 Å². The molecule has 5 rings (SSSR count). The highest BCUT2D eigenvalue weighted by Crippen LogP contribution is 2.34. The summed E-state index contributed by atoms with van der Waals surface area (Å²) in [6.45, 7) is 9.19. The molecule has 3 aromatic heterocycles. The average molecular weight is 527 g/mol. The zero-order valence-corrected chi connectivity index (χ0v) is 22.9. The summed E-state index contributed by atoms with van der Waals surface area (Å²) in [7, 11) is 1.88. The third-order valence-electron chi connectivity index (χ3n) is 6.88. The number of H-pyrrole nitrogens is 1. The van der Waals surface area contributed by atoms with E-state index >= 15 is 0 Å². The van der Waals surface area contributed by atoms with Crippen molar-refractivity contribution in [2.75, 3.05) is 6.54 Å². The van der Waals surface area contributed by atoms with Gasteiger partial charge in [0.1, 0.15) is 12.4 Å². The van der Waals surface area contributed by atoms with Crippen LogP contribution in [0.25, 0.3) is 33.7 Å². The van der Waals surface area contributed by atoms with Crippen molar-refractivity contribution in [2.24, 2.45) is 22.6 Å². The Morgan fingerprint density at radius 3 is 2.85 bits per heavy atom. The van der Waals surface area contributed by atoms with Gasteiger partial charge in [-0.2, -0.15) is 5.10 Å². The van der Waals surface area contributed by atoms with E-state index in [4.69, 9.17) is 4.84 Å². The molecule has 1 unspecified atom stereocenters. The third-order valence-corrected chi connectivity index (χ3v) is 6.88. The largest absolute Gasteiger partial charge is 0.348 e. The molecule has 10 nitrogen and oxygen atoms in total. The highest BCUT2D eigenvalue weighted by atomic mass is 16.6. The summed E-state index contributed by atoms with van der Waals surface area (Å²) in [4.78, 5) is 35.1. The van der Waals surface area contributed by atoms with Gasteiger partial charge in [0.25, 0.3) is 0 Å². The Balaban J connectivity index is 1.40. The monoisotopic (exact) mass is 526 g/mol. The molecular weight excluding hydrogens is 492 g/mol. The van der Waals surface area contributed by atoms with Gasteiger partial charge >= 0.3 is 0 Å². The molecule has 0 radical (unpaired) electrons. The zero-order chi connectivity index (χ0) is 27.6. The van der Waals surface area contributed by atoms with E-state index < -0.39 is 0 Å². The normalized spacial score (nSPS) is 16.0. The van der Waals surface area contributed by atoms with Gasteiger partial charge in [-0.15, -0.1) is 0 Å². The Morgan fingerprint density at radius 1 is 1.26 bits per heavy atom. The second kappa shape index (κ2) is 10.8. The van der Waals surface area contributed by atoms with Gasteiger partial charge in [-0.3, -0.25) is 9.48 Å². The third kappa shape index (κ3) is 5.74. The fourth-order valence-corrected chi connectivity index (χ4v) is 4.98. The number of aliphatic imine (C=N–C) groups is 1. The molecular formula is C29H34N8O2. The van der Waals surface area contributed by atoms with Gasteiger partial charge in [0, 0.05) is 37.1 Å². The van der Waals surface area contributed by atoms with Gasteiger partial charge in [-0.25, -0.2) is 15.0 Å². The highest BCUT2D eigenvalue weighted by molar-refractivity contribution is 5.91. The lowest BCUT2D eigenvalue weighted by atomic mass is 9.94. The number of amides is 1. The lowest BCUT2D eigenvalue weighted by Crippen LogP contribution is -2.32. The Labute approximate surface area is 227 Å². The molecule has 1 aromatic carbocycles. The first-order chi connectivity index (χ1) is 18.7. The van der Waals surface area contributed by atoms with Crippen molar-refractivity contribution in [2.45, 2.75) is 52.5 Å². The Morgan fingerprint density at radius 2 is 2.10 bits per heavy atom. The fraction of sp³-hybridized carbons (Fsp3) is 0.379. The second-order valence-corrected chi connectivity index (χ2v) is 10.9. The van der Waals surface area contributed by atoms with Gasteiger partial charge in [-0.05, 0) is 42.0 Å². The van der Waals surface area contributed by atoms with Crippen LogP contribution in [-0.4, -0.2) is 49.8 Å². The van der Waals surface area contributed by atoms with Gasteiger partial charge in [0.05, 0.1) is 23.3 Å². The summed E-state index contributed by atoms with van der Waals surface area (Å²) >= 11 is 0. The van der Waals surface area contributed by atoms with Crippen LogP contribution in [0.15, 0.2) is 53.0 Å². The number of pyridine rings is 1. The Hall–Kier alpha value is -4.34. The Kier molecular flexibility index (Phi) is 7.28. The number of rotatable bonds is 6.